The summed E-state index contributed by atoms with van der Waals surface area (Å²) >= 11 is 0. The first-order valence-corrected chi connectivity index (χ1v) is 10.2. The van der Waals surface area contributed by atoms with Crippen LogP contribution in [0.5, 0.6) is 0 Å². The lowest BCUT2D eigenvalue weighted by Gasteiger charge is -2.34. The van der Waals surface area contributed by atoms with Gasteiger partial charge in [0.05, 0.1) is 23.7 Å². The number of ether oxygens (including phenoxy) is 1. The second kappa shape index (κ2) is 7.31. The molecule has 0 unspecified atom stereocenters. The van der Waals surface area contributed by atoms with Gasteiger partial charge in [0.25, 0.3) is 0 Å². The molecule has 0 spiro atoms. The van der Waals surface area contributed by atoms with Crippen LogP contribution < -0.4 is 0 Å². The van der Waals surface area contributed by atoms with Gasteiger partial charge in [0, 0.05) is 50.7 Å². The summed E-state index contributed by atoms with van der Waals surface area (Å²) in [5.41, 5.74) is 2.16. The van der Waals surface area contributed by atoms with Crippen LogP contribution in [0, 0.1) is 0 Å². The molecule has 1 N–H and O–H groups in total. The van der Waals surface area contributed by atoms with Gasteiger partial charge in [-0.15, -0.1) is 0 Å². The number of fused-ring (bicyclic) bond motifs is 2. The van der Waals surface area contributed by atoms with Gasteiger partial charge in [-0.25, -0.2) is 9.97 Å². The number of aliphatic hydroxyl groups excluding tert-OH is 1. The van der Waals surface area contributed by atoms with E-state index in [9.17, 15) is 5.11 Å². The number of morpholine rings is 1. The van der Waals surface area contributed by atoms with Crippen molar-refractivity contribution in [2.45, 2.75) is 44.5 Å². The summed E-state index contributed by atoms with van der Waals surface area (Å²) in [6.45, 7) is 5.84. The summed E-state index contributed by atoms with van der Waals surface area (Å²) in [5, 5.41) is 9.21. The molecule has 1 aromatic carbocycles. The first-order chi connectivity index (χ1) is 13.8. The summed E-state index contributed by atoms with van der Waals surface area (Å²) < 4.78 is 10.5. The molecule has 2 aliphatic rings. The number of aliphatic hydroxyl groups is 1. The van der Waals surface area contributed by atoms with Gasteiger partial charge >= 0.3 is 0 Å². The van der Waals surface area contributed by atoms with Crippen molar-refractivity contribution >= 4 is 11.0 Å². The fraction of sp³-hybridized carbons (Fsp3) is 0.524. The summed E-state index contributed by atoms with van der Waals surface area (Å²) in [6.07, 6.45) is 5.89. The molecule has 148 valence electrons. The van der Waals surface area contributed by atoms with Gasteiger partial charge in [-0.05, 0) is 31.9 Å². The van der Waals surface area contributed by atoms with Gasteiger partial charge in [-0.2, -0.15) is 0 Å². The van der Waals surface area contributed by atoms with Gasteiger partial charge in [-0.3, -0.25) is 4.90 Å². The standard InChI is InChI=1S/C21H27N5O2/c1-2-25-19-6-4-3-5-18(19)23-21(25)20-22-8-9-26(20)15-11-16-14-28-17(7-10-27)13-24(16)12-15/h3-6,8-9,15-17,27H,2,7,10-14H2,1H3/t15-,16-,17-/m0/s1. The Kier molecular flexibility index (Phi) is 4.66. The Morgan fingerprint density at radius 2 is 2.07 bits per heavy atom. The number of rotatable bonds is 5. The molecular weight excluding hydrogens is 354 g/mol. The zero-order chi connectivity index (χ0) is 19.1. The lowest BCUT2D eigenvalue weighted by atomic mass is 10.1. The van der Waals surface area contributed by atoms with Crippen molar-refractivity contribution in [2.75, 3.05) is 26.3 Å². The molecule has 3 aromatic rings. The lowest BCUT2D eigenvalue weighted by Crippen LogP contribution is -2.46. The highest BCUT2D eigenvalue weighted by atomic mass is 16.5. The molecule has 2 fully saturated rings. The minimum absolute atomic E-state index is 0.145. The lowest BCUT2D eigenvalue weighted by molar-refractivity contribution is -0.0567. The van der Waals surface area contributed by atoms with Crippen LogP contribution in [0.15, 0.2) is 36.7 Å². The van der Waals surface area contributed by atoms with E-state index in [-0.39, 0.29) is 12.7 Å². The van der Waals surface area contributed by atoms with E-state index in [2.05, 4.69) is 45.4 Å². The van der Waals surface area contributed by atoms with Crippen molar-refractivity contribution in [3.63, 3.8) is 0 Å². The fourth-order valence-corrected chi connectivity index (χ4v) is 4.78. The van der Waals surface area contributed by atoms with E-state index >= 15 is 0 Å². The van der Waals surface area contributed by atoms with E-state index < -0.39 is 0 Å². The maximum atomic E-state index is 9.21. The van der Waals surface area contributed by atoms with E-state index in [0.29, 0.717) is 18.5 Å². The molecule has 2 aliphatic heterocycles. The zero-order valence-corrected chi connectivity index (χ0v) is 16.2. The van der Waals surface area contributed by atoms with Crippen molar-refractivity contribution in [2.24, 2.45) is 0 Å². The molecule has 7 heteroatoms. The highest BCUT2D eigenvalue weighted by Gasteiger charge is 2.38. The molecule has 0 saturated carbocycles. The summed E-state index contributed by atoms with van der Waals surface area (Å²) in [4.78, 5) is 12.1. The second-order valence-corrected chi connectivity index (χ2v) is 7.79. The van der Waals surface area contributed by atoms with Crippen LogP contribution >= 0.6 is 0 Å². The summed E-state index contributed by atoms with van der Waals surface area (Å²) in [7, 11) is 0. The maximum Gasteiger partial charge on any atom is 0.177 e. The SMILES string of the molecule is CCn1c(-c2nccn2[C@H]2C[C@H]3CO[C@@H](CCO)CN3C2)nc2ccccc21. The highest BCUT2D eigenvalue weighted by molar-refractivity contribution is 5.79. The Labute approximate surface area is 164 Å². The van der Waals surface area contributed by atoms with Crippen LogP contribution in [0.2, 0.25) is 0 Å². The van der Waals surface area contributed by atoms with Crippen molar-refractivity contribution in [1.29, 1.82) is 0 Å². The van der Waals surface area contributed by atoms with Gasteiger partial charge in [0.2, 0.25) is 0 Å². The number of imidazole rings is 2. The highest BCUT2D eigenvalue weighted by Crippen LogP contribution is 2.34. The van der Waals surface area contributed by atoms with Crippen LogP contribution in [0.1, 0.15) is 25.8 Å². The largest absolute Gasteiger partial charge is 0.396 e. The number of aromatic nitrogens is 4. The minimum Gasteiger partial charge on any atom is -0.396 e. The monoisotopic (exact) mass is 381 g/mol. The van der Waals surface area contributed by atoms with Gasteiger partial charge in [0.15, 0.2) is 11.6 Å². The number of aryl methyl sites for hydroxylation is 1. The van der Waals surface area contributed by atoms with E-state index in [1.807, 2.05) is 12.3 Å². The molecule has 4 heterocycles. The summed E-state index contributed by atoms with van der Waals surface area (Å²) in [6, 6.07) is 9.08. The fourth-order valence-electron chi connectivity index (χ4n) is 4.78. The van der Waals surface area contributed by atoms with E-state index in [4.69, 9.17) is 14.7 Å². The average Bonchev–Trinajstić information content (AvgIpc) is 3.42. The van der Waals surface area contributed by atoms with Crippen LogP contribution in [-0.4, -0.2) is 67.6 Å². The smallest absolute Gasteiger partial charge is 0.177 e. The molecule has 0 aliphatic carbocycles. The molecule has 7 nitrogen and oxygen atoms in total. The third kappa shape index (κ3) is 2.94. The second-order valence-electron chi connectivity index (χ2n) is 7.79. The van der Waals surface area contributed by atoms with Gasteiger partial charge < -0.3 is 19.0 Å². The minimum atomic E-state index is 0.145. The number of para-hydroxylation sites is 2. The predicted molar refractivity (Wildman–Crippen MR) is 107 cm³/mol. The molecular formula is C21H27N5O2. The van der Waals surface area contributed by atoms with E-state index in [0.717, 1.165) is 55.3 Å². The first kappa shape index (κ1) is 17.8. The molecule has 3 atom stereocenters. The third-order valence-electron chi connectivity index (χ3n) is 6.15. The van der Waals surface area contributed by atoms with Crippen LogP contribution in [-0.2, 0) is 11.3 Å². The topological polar surface area (TPSA) is 68.3 Å². The molecule has 2 aromatic heterocycles. The van der Waals surface area contributed by atoms with Gasteiger partial charge in [0.1, 0.15) is 0 Å². The molecule has 28 heavy (non-hydrogen) atoms. The Hall–Kier alpha value is -2.22. The van der Waals surface area contributed by atoms with Crippen LogP contribution in [0.4, 0.5) is 0 Å². The van der Waals surface area contributed by atoms with E-state index in [1.165, 1.54) is 0 Å². The van der Waals surface area contributed by atoms with Crippen molar-refractivity contribution in [1.82, 2.24) is 24.0 Å². The first-order valence-electron chi connectivity index (χ1n) is 10.2. The van der Waals surface area contributed by atoms with Crippen molar-refractivity contribution in [3.8, 4) is 11.6 Å². The Bertz CT molecular complexity index is 965. The normalized spacial score (nSPS) is 25.4. The van der Waals surface area contributed by atoms with Crippen LogP contribution in [0.25, 0.3) is 22.7 Å². The predicted octanol–water partition coefficient (Wildman–Crippen LogP) is 2.32. The molecule has 0 bridgehead atoms. The quantitative estimate of drug-likeness (QED) is 0.735. The maximum absolute atomic E-state index is 9.21. The molecule has 0 radical (unpaired) electrons. The average molecular weight is 381 g/mol. The number of hydrogen-bond acceptors (Lipinski definition) is 5. The molecule has 0 amide bonds. The van der Waals surface area contributed by atoms with Gasteiger partial charge in [-0.1, -0.05) is 12.1 Å². The van der Waals surface area contributed by atoms with E-state index in [1.54, 1.807) is 0 Å². The number of benzene rings is 1. The number of hydrogen-bond donors (Lipinski definition) is 1. The van der Waals surface area contributed by atoms with Crippen LogP contribution in [0.3, 0.4) is 0 Å². The summed E-state index contributed by atoms with van der Waals surface area (Å²) in [5.74, 6) is 1.88. The Balaban J connectivity index is 1.45. The zero-order valence-electron chi connectivity index (χ0n) is 16.2. The van der Waals surface area contributed by atoms with Crippen molar-refractivity contribution in [3.05, 3.63) is 36.7 Å². The Morgan fingerprint density at radius 3 is 2.93 bits per heavy atom. The molecule has 5 rings (SSSR count). The molecule has 2 saturated heterocycles. The Morgan fingerprint density at radius 1 is 1.18 bits per heavy atom. The third-order valence-corrected chi connectivity index (χ3v) is 6.15. The number of nitrogens with zero attached hydrogens (tertiary/aromatic N) is 5. The van der Waals surface area contributed by atoms with Crippen molar-refractivity contribution < 1.29 is 9.84 Å².